The van der Waals surface area contributed by atoms with E-state index in [0.29, 0.717) is 13.2 Å². The quantitative estimate of drug-likeness (QED) is 0.785. The van der Waals surface area contributed by atoms with Gasteiger partial charge in [0.25, 0.3) is 8.32 Å². The normalized spacial score (nSPS) is 17.7. The van der Waals surface area contributed by atoms with Crippen LogP contribution in [0.2, 0.25) is 18.1 Å². The molecular weight excluding hydrogens is 256 g/mol. The van der Waals surface area contributed by atoms with Gasteiger partial charge in [-0.25, -0.2) is 0 Å². The van der Waals surface area contributed by atoms with E-state index in [-0.39, 0.29) is 11.3 Å². The van der Waals surface area contributed by atoms with Gasteiger partial charge in [-0.05, 0) is 18.1 Å². The molecule has 1 saturated heterocycles. The van der Waals surface area contributed by atoms with Crippen molar-refractivity contribution in [3.05, 3.63) is 29.8 Å². The summed E-state index contributed by atoms with van der Waals surface area (Å²) >= 11 is 0. The van der Waals surface area contributed by atoms with E-state index in [2.05, 4.69) is 39.9 Å². The van der Waals surface area contributed by atoms with E-state index in [1.54, 1.807) is 0 Å². The Hall–Kier alpha value is -0.843. The summed E-state index contributed by atoms with van der Waals surface area (Å²) in [6.07, 6.45) is -0.308. The molecule has 1 radical (unpaired) electrons. The molecule has 0 atom stereocenters. The lowest BCUT2D eigenvalue weighted by Crippen LogP contribution is -2.44. The lowest BCUT2D eigenvalue weighted by molar-refractivity contribution is -0.0451. The lowest BCUT2D eigenvalue weighted by Gasteiger charge is -2.37. The number of rotatable bonds is 3. The molecule has 2 rings (SSSR count). The molecule has 0 unspecified atom stereocenters. The van der Waals surface area contributed by atoms with Gasteiger partial charge in [-0.1, -0.05) is 39.0 Å². The second kappa shape index (κ2) is 5.27. The average molecular weight is 279 g/mol. The van der Waals surface area contributed by atoms with Crippen LogP contribution < -0.4 is 4.43 Å². The third-order valence-corrected chi connectivity index (χ3v) is 8.21. The van der Waals surface area contributed by atoms with Gasteiger partial charge in [0.05, 0.1) is 13.2 Å². The van der Waals surface area contributed by atoms with Gasteiger partial charge in [0.1, 0.15) is 5.75 Å². The van der Waals surface area contributed by atoms with Gasteiger partial charge in [-0.2, -0.15) is 0 Å². The molecule has 1 aromatic carbocycles. The predicted octanol–water partition coefficient (Wildman–Crippen LogP) is 3.92. The van der Waals surface area contributed by atoms with Crippen LogP contribution in [0.3, 0.4) is 0 Å². The van der Waals surface area contributed by atoms with Gasteiger partial charge < -0.3 is 13.9 Å². The molecule has 1 aliphatic heterocycles. The van der Waals surface area contributed by atoms with E-state index in [0.717, 1.165) is 11.3 Å². The summed E-state index contributed by atoms with van der Waals surface area (Å²) in [5.74, 6) is 0.779. The van der Waals surface area contributed by atoms with Crippen molar-refractivity contribution in [2.45, 2.75) is 45.2 Å². The number of ether oxygens (including phenoxy) is 2. The minimum Gasteiger partial charge on any atom is -0.543 e. The van der Waals surface area contributed by atoms with E-state index in [1.165, 1.54) is 0 Å². The van der Waals surface area contributed by atoms with Gasteiger partial charge >= 0.3 is 0 Å². The highest BCUT2D eigenvalue weighted by molar-refractivity contribution is 6.74. The van der Waals surface area contributed by atoms with Crippen molar-refractivity contribution in [3.63, 3.8) is 0 Å². The Labute approximate surface area is 117 Å². The summed E-state index contributed by atoms with van der Waals surface area (Å²) in [5.41, 5.74) is 0.949. The van der Waals surface area contributed by atoms with Crippen molar-refractivity contribution < 1.29 is 13.9 Å². The third kappa shape index (κ3) is 3.19. The Morgan fingerprint density at radius 1 is 1.26 bits per heavy atom. The molecule has 1 heterocycles. The van der Waals surface area contributed by atoms with Crippen molar-refractivity contribution in [2.75, 3.05) is 13.2 Å². The van der Waals surface area contributed by atoms with Crippen LogP contribution in [0.5, 0.6) is 5.75 Å². The molecule has 0 N–H and O–H groups in total. The second-order valence-electron chi connectivity index (χ2n) is 6.39. The van der Waals surface area contributed by atoms with Crippen LogP contribution in [0.15, 0.2) is 18.2 Å². The topological polar surface area (TPSA) is 27.7 Å². The van der Waals surface area contributed by atoms with E-state index < -0.39 is 8.32 Å². The van der Waals surface area contributed by atoms with Crippen LogP contribution in [-0.4, -0.2) is 21.5 Å². The van der Waals surface area contributed by atoms with Crippen LogP contribution in [0.25, 0.3) is 0 Å². The zero-order valence-corrected chi connectivity index (χ0v) is 13.4. The maximum Gasteiger partial charge on any atom is 0.250 e. The maximum absolute atomic E-state index is 6.33. The highest BCUT2D eigenvalue weighted by atomic mass is 28.4. The van der Waals surface area contributed by atoms with Crippen molar-refractivity contribution in [3.8, 4) is 5.75 Å². The highest BCUT2D eigenvalue weighted by Crippen LogP contribution is 2.39. The molecule has 0 saturated carbocycles. The highest BCUT2D eigenvalue weighted by Gasteiger charge is 2.39. The summed E-state index contributed by atoms with van der Waals surface area (Å²) in [7, 11) is -1.87. The van der Waals surface area contributed by atoms with Crippen LogP contribution in [-0.2, 0) is 9.47 Å². The standard InChI is InChI=1S/C15H23O3Si/c1-15(2,3)19(4,5)18-13-9-7-6-8-12(13)14-16-10-11-17-14/h6-8,14H,10-11H2,1-5H3. The van der Waals surface area contributed by atoms with E-state index in [4.69, 9.17) is 13.9 Å². The van der Waals surface area contributed by atoms with E-state index in [9.17, 15) is 0 Å². The Balaban J connectivity index is 2.25. The fourth-order valence-electron chi connectivity index (χ4n) is 1.65. The molecule has 1 fully saturated rings. The largest absolute Gasteiger partial charge is 0.543 e. The van der Waals surface area contributed by atoms with Crippen LogP contribution in [0.1, 0.15) is 32.6 Å². The minimum absolute atomic E-state index is 0.158. The summed E-state index contributed by atoms with van der Waals surface area (Å²) in [5, 5.41) is 0.158. The van der Waals surface area contributed by atoms with Gasteiger partial charge in [-0.15, -0.1) is 0 Å². The molecule has 0 amide bonds. The van der Waals surface area contributed by atoms with E-state index in [1.807, 2.05) is 18.2 Å². The van der Waals surface area contributed by atoms with Crippen LogP contribution in [0, 0.1) is 6.07 Å². The fraction of sp³-hybridized carbons (Fsp3) is 0.600. The first-order chi connectivity index (χ1) is 8.81. The molecule has 0 aliphatic carbocycles. The van der Waals surface area contributed by atoms with Gasteiger partial charge in [0.15, 0.2) is 6.29 Å². The summed E-state index contributed by atoms with van der Waals surface area (Å²) in [6.45, 7) is 12.4. The molecule has 1 aromatic rings. The first-order valence-electron chi connectivity index (χ1n) is 6.74. The smallest absolute Gasteiger partial charge is 0.250 e. The number of para-hydroxylation sites is 1. The van der Waals surface area contributed by atoms with Crippen molar-refractivity contribution in [1.29, 1.82) is 0 Å². The molecule has 19 heavy (non-hydrogen) atoms. The zero-order valence-electron chi connectivity index (χ0n) is 12.4. The molecule has 0 aromatic heterocycles. The summed E-state index contributed by atoms with van der Waals surface area (Å²) in [6, 6.07) is 9.01. The Morgan fingerprint density at radius 2 is 1.89 bits per heavy atom. The average Bonchev–Trinajstić information content (AvgIpc) is 2.81. The number of hydrogen-bond acceptors (Lipinski definition) is 3. The molecule has 3 nitrogen and oxygen atoms in total. The summed E-state index contributed by atoms with van der Waals surface area (Å²) in [4.78, 5) is 0. The van der Waals surface area contributed by atoms with Gasteiger partial charge in [0, 0.05) is 11.6 Å². The summed E-state index contributed by atoms with van der Waals surface area (Å²) < 4.78 is 17.5. The van der Waals surface area contributed by atoms with Crippen LogP contribution >= 0.6 is 0 Å². The maximum atomic E-state index is 6.33. The lowest BCUT2D eigenvalue weighted by atomic mass is 10.2. The molecule has 4 heteroatoms. The van der Waals surface area contributed by atoms with E-state index >= 15 is 0 Å². The van der Waals surface area contributed by atoms with Crippen molar-refractivity contribution in [1.82, 2.24) is 0 Å². The van der Waals surface area contributed by atoms with Gasteiger partial charge in [0.2, 0.25) is 0 Å². The molecule has 0 spiro atoms. The van der Waals surface area contributed by atoms with Crippen LogP contribution in [0.4, 0.5) is 0 Å². The van der Waals surface area contributed by atoms with Gasteiger partial charge in [-0.3, -0.25) is 0 Å². The first-order valence-corrected chi connectivity index (χ1v) is 9.65. The number of hydrogen-bond donors (Lipinski definition) is 0. The van der Waals surface area contributed by atoms with Crippen molar-refractivity contribution in [2.24, 2.45) is 0 Å². The predicted molar refractivity (Wildman–Crippen MR) is 77.7 cm³/mol. The van der Waals surface area contributed by atoms with Crippen molar-refractivity contribution >= 4 is 8.32 Å². The Morgan fingerprint density at radius 3 is 2.47 bits per heavy atom. The zero-order chi connectivity index (χ0) is 14.1. The Kier molecular flexibility index (Phi) is 4.04. The molecule has 0 bridgehead atoms. The molecule has 1 aliphatic rings. The first kappa shape index (κ1) is 14.6. The SMILES string of the molecule is CC(C)(C)[Si](C)(C)Oc1[c]cccc1C1OCCO1. The third-order valence-electron chi connectivity index (χ3n) is 3.89. The number of benzene rings is 1. The second-order valence-corrected chi connectivity index (χ2v) is 11.1. The monoisotopic (exact) mass is 279 g/mol. The molecule has 105 valence electrons. The Bertz CT molecular complexity index is 431. The minimum atomic E-state index is -1.87. The fourth-order valence-corrected chi connectivity index (χ4v) is 2.65. The molecular formula is C15H23O3Si.